The lowest BCUT2D eigenvalue weighted by Gasteiger charge is -2.37. The highest BCUT2D eigenvalue weighted by Crippen LogP contribution is 2.21. The maximum atomic E-state index is 12.7. The highest BCUT2D eigenvalue weighted by atomic mass is 35.5. The van der Waals surface area contributed by atoms with Gasteiger partial charge < -0.3 is 20.0 Å². The molecule has 2 N–H and O–H groups in total. The molecule has 1 aliphatic rings. The van der Waals surface area contributed by atoms with Crippen molar-refractivity contribution in [3.63, 3.8) is 0 Å². The Morgan fingerprint density at radius 2 is 1.88 bits per heavy atom. The Balaban J connectivity index is 2.00. The number of carbonyl (C=O) groups is 2. The highest BCUT2D eigenvalue weighted by Gasteiger charge is 2.36. The van der Waals surface area contributed by atoms with Gasteiger partial charge in [-0.2, -0.15) is 0 Å². The number of aliphatic hydroxyl groups is 1. The van der Waals surface area contributed by atoms with Gasteiger partial charge in [0.05, 0.1) is 10.9 Å². The lowest BCUT2D eigenvalue weighted by atomic mass is 9.90. The Morgan fingerprint density at radius 1 is 1.24 bits per heavy atom. The highest BCUT2D eigenvalue weighted by molar-refractivity contribution is 6.30. The number of aliphatic hydroxyl groups excluding tert-OH is 1. The summed E-state index contributed by atoms with van der Waals surface area (Å²) < 4.78 is 0. The van der Waals surface area contributed by atoms with Gasteiger partial charge >= 0.3 is 5.97 Å². The molecule has 0 aliphatic carbocycles. The molecule has 0 aromatic carbocycles. The summed E-state index contributed by atoms with van der Waals surface area (Å²) in [5.74, 6) is -1.67. The Bertz CT molecular complexity index is 600. The number of carboxylic acid groups (broad SMARTS) is 1. The lowest BCUT2D eigenvalue weighted by molar-refractivity contribution is -0.157. The molecule has 1 saturated heterocycles. The molecule has 0 saturated carbocycles. The van der Waals surface area contributed by atoms with Crippen molar-refractivity contribution in [3.05, 3.63) is 23.4 Å². The summed E-state index contributed by atoms with van der Waals surface area (Å²) in [5.41, 5.74) is 0. The maximum Gasteiger partial charge on any atom is 0.333 e. The largest absolute Gasteiger partial charge is 0.479 e. The number of rotatable bonds is 6. The number of pyridine rings is 1. The fourth-order valence-corrected chi connectivity index (χ4v) is 3.10. The third-order valence-corrected chi connectivity index (χ3v) is 4.53. The molecule has 1 aromatic heterocycles. The molecule has 2 heterocycles. The average molecular weight is 370 g/mol. The van der Waals surface area contributed by atoms with Gasteiger partial charge in [-0.15, -0.1) is 0 Å². The smallest absolute Gasteiger partial charge is 0.333 e. The van der Waals surface area contributed by atoms with Crippen LogP contribution in [0.4, 0.5) is 5.82 Å². The molecule has 0 unspecified atom stereocenters. The van der Waals surface area contributed by atoms with Crippen LogP contribution < -0.4 is 4.90 Å². The third kappa shape index (κ3) is 5.06. The van der Waals surface area contributed by atoms with Gasteiger partial charge in [0.15, 0.2) is 6.10 Å². The fourth-order valence-electron chi connectivity index (χ4n) is 2.99. The van der Waals surface area contributed by atoms with Gasteiger partial charge in [-0.3, -0.25) is 4.79 Å². The number of carbonyl (C=O) groups excluding carboxylic acids is 1. The van der Waals surface area contributed by atoms with E-state index in [4.69, 9.17) is 16.7 Å². The normalized spacial score (nSPS) is 17.5. The van der Waals surface area contributed by atoms with Crippen LogP contribution in [0.25, 0.3) is 0 Å². The second kappa shape index (κ2) is 8.49. The number of piperazine rings is 1. The summed E-state index contributed by atoms with van der Waals surface area (Å²) in [6.07, 6.45) is 0.243. The molecule has 0 spiro atoms. The van der Waals surface area contributed by atoms with E-state index in [1.54, 1.807) is 17.2 Å². The zero-order valence-corrected chi connectivity index (χ0v) is 15.2. The number of nitrogens with zero attached hydrogens (tertiary/aromatic N) is 3. The van der Waals surface area contributed by atoms with E-state index in [1.165, 1.54) is 0 Å². The third-order valence-electron chi connectivity index (χ3n) is 4.30. The molecule has 1 aliphatic heterocycles. The van der Waals surface area contributed by atoms with E-state index >= 15 is 0 Å². The van der Waals surface area contributed by atoms with Crippen LogP contribution >= 0.6 is 11.6 Å². The van der Waals surface area contributed by atoms with E-state index in [9.17, 15) is 14.7 Å². The van der Waals surface area contributed by atoms with Crippen LogP contribution in [0.1, 0.15) is 20.3 Å². The van der Waals surface area contributed by atoms with Gasteiger partial charge in [0.2, 0.25) is 5.91 Å². The topological polar surface area (TPSA) is 94.0 Å². The Kier molecular flexibility index (Phi) is 6.61. The number of aliphatic carboxylic acids is 1. The minimum absolute atomic E-state index is 0.113. The van der Waals surface area contributed by atoms with Crippen LogP contribution in [0.3, 0.4) is 0 Å². The first-order valence-electron chi connectivity index (χ1n) is 8.35. The van der Waals surface area contributed by atoms with Crippen molar-refractivity contribution < 1.29 is 19.8 Å². The molecule has 2 rings (SSSR count). The van der Waals surface area contributed by atoms with Gasteiger partial charge in [-0.25, -0.2) is 9.78 Å². The molecular weight excluding hydrogens is 346 g/mol. The van der Waals surface area contributed by atoms with Crippen molar-refractivity contribution in [2.45, 2.75) is 26.4 Å². The molecule has 1 fully saturated rings. The monoisotopic (exact) mass is 369 g/mol. The number of halogens is 1. The first-order chi connectivity index (χ1) is 11.8. The first kappa shape index (κ1) is 19.5. The maximum absolute atomic E-state index is 12.7. The lowest BCUT2D eigenvalue weighted by Crippen LogP contribution is -2.53. The van der Waals surface area contributed by atoms with Crippen molar-refractivity contribution in [3.8, 4) is 0 Å². The van der Waals surface area contributed by atoms with Crippen LogP contribution in [0.15, 0.2) is 18.3 Å². The van der Waals surface area contributed by atoms with Crippen molar-refractivity contribution in [1.82, 2.24) is 9.88 Å². The number of aromatic nitrogens is 1. The second-order valence-corrected chi connectivity index (χ2v) is 7.10. The molecule has 25 heavy (non-hydrogen) atoms. The minimum atomic E-state index is -1.68. The number of hydrogen-bond donors (Lipinski definition) is 2. The molecule has 1 aromatic rings. The van der Waals surface area contributed by atoms with Crippen LogP contribution in [0.5, 0.6) is 0 Å². The second-order valence-electron chi connectivity index (χ2n) is 6.67. The fraction of sp³-hybridized carbons (Fsp3) is 0.588. The summed E-state index contributed by atoms with van der Waals surface area (Å²) in [5, 5.41) is 19.6. The SMILES string of the molecule is CC(C)C[C@H](C(=O)N1CCN(c2ccc(Cl)cn2)CC1)[C@@H](O)C(=O)O. The number of amides is 1. The van der Waals surface area contributed by atoms with Crippen molar-refractivity contribution in [2.75, 3.05) is 31.1 Å². The van der Waals surface area contributed by atoms with E-state index in [1.807, 2.05) is 24.8 Å². The molecule has 138 valence electrons. The van der Waals surface area contributed by atoms with Crippen molar-refractivity contribution in [1.29, 1.82) is 0 Å². The zero-order valence-electron chi connectivity index (χ0n) is 14.4. The number of anilines is 1. The Hall–Kier alpha value is -1.86. The summed E-state index contributed by atoms with van der Waals surface area (Å²) in [6, 6.07) is 3.60. The molecule has 8 heteroatoms. The quantitative estimate of drug-likeness (QED) is 0.789. The predicted octanol–water partition coefficient (Wildman–Crippen LogP) is 1.49. The van der Waals surface area contributed by atoms with Crippen molar-refractivity contribution in [2.24, 2.45) is 11.8 Å². The van der Waals surface area contributed by atoms with E-state index in [-0.39, 0.29) is 11.8 Å². The Morgan fingerprint density at radius 3 is 2.36 bits per heavy atom. The first-order valence-corrected chi connectivity index (χ1v) is 8.73. The molecular formula is C17H24ClN3O4. The summed E-state index contributed by atoms with van der Waals surface area (Å²) in [6.45, 7) is 5.92. The van der Waals surface area contributed by atoms with Crippen LogP contribution in [-0.2, 0) is 9.59 Å². The van der Waals surface area contributed by atoms with E-state index in [2.05, 4.69) is 4.98 Å². The summed E-state index contributed by atoms with van der Waals surface area (Å²) >= 11 is 5.84. The minimum Gasteiger partial charge on any atom is -0.479 e. The number of carboxylic acids is 1. The van der Waals surface area contributed by atoms with Crippen molar-refractivity contribution >= 4 is 29.3 Å². The average Bonchev–Trinajstić information content (AvgIpc) is 2.59. The molecule has 7 nitrogen and oxygen atoms in total. The Labute approximate surface area is 152 Å². The van der Waals surface area contributed by atoms with E-state index in [0.717, 1.165) is 5.82 Å². The predicted molar refractivity (Wildman–Crippen MR) is 94.6 cm³/mol. The van der Waals surface area contributed by atoms with Gasteiger partial charge in [-0.1, -0.05) is 25.4 Å². The van der Waals surface area contributed by atoms with E-state index in [0.29, 0.717) is 37.6 Å². The van der Waals surface area contributed by atoms with Gasteiger partial charge in [0, 0.05) is 32.4 Å². The van der Waals surface area contributed by atoms with Crippen LogP contribution in [0.2, 0.25) is 5.02 Å². The number of hydrogen-bond acceptors (Lipinski definition) is 5. The van der Waals surface area contributed by atoms with Crippen LogP contribution in [0, 0.1) is 11.8 Å². The molecule has 2 atom stereocenters. The molecule has 0 bridgehead atoms. The summed E-state index contributed by atoms with van der Waals surface area (Å²) in [7, 11) is 0. The van der Waals surface area contributed by atoms with E-state index < -0.39 is 18.0 Å². The molecule has 1 amide bonds. The molecule has 0 radical (unpaired) electrons. The van der Waals surface area contributed by atoms with Gasteiger partial charge in [-0.05, 0) is 24.5 Å². The zero-order chi connectivity index (χ0) is 18.6. The van der Waals surface area contributed by atoms with Gasteiger partial charge in [0.25, 0.3) is 0 Å². The summed E-state index contributed by atoms with van der Waals surface area (Å²) in [4.78, 5) is 31.8. The van der Waals surface area contributed by atoms with Crippen LogP contribution in [-0.4, -0.2) is 64.3 Å². The van der Waals surface area contributed by atoms with Gasteiger partial charge in [0.1, 0.15) is 5.82 Å². The standard InChI is InChI=1S/C17H24ClN3O4/c1-11(2)9-13(15(22)17(24)25)16(23)21-7-5-20(6-8-21)14-4-3-12(18)10-19-14/h3-4,10-11,13,15,22H,5-9H2,1-2H3,(H,24,25)/t13-,15+/m0/s1.